The quantitative estimate of drug-likeness (QED) is 0.740. The van der Waals surface area contributed by atoms with Crippen molar-refractivity contribution in [2.75, 3.05) is 0 Å². The Labute approximate surface area is 120 Å². The number of aryl methyl sites for hydroxylation is 2. The number of imidazole rings is 1. The van der Waals surface area contributed by atoms with Gasteiger partial charge in [0.25, 0.3) is 0 Å². The number of H-pyrrole nitrogens is 1. The topological polar surface area (TPSA) is 33.6 Å². The Morgan fingerprint density at radius 1 is 1.21 bits per heavy atom. The zero-order chi connectivity index (χ0) is 13.2. The minimum Gasteiger partial charge on any atom is -0.329 e. The van der Waals surface area contributed by atoms with E-state index in [0.29, 0.717) is 0 Å². The Bertz CT molecular complexity index is 758. The summed E-state index contributed by atoms with van der Waals surface area (Å²) < 4.78 is 2.83. The minimum absolute atomic E-state index is 0.733. The molecular weight excluding hydrogens is 278 g/mol. The average molecular weight is 290 g/mol. The number of pyridine rings is 1. The van der Waals surface area contributed by atoms with E-state index in [0.717, 1.165) is 33.8 Å². The number of aromatic amines is 1. The maximum atomic E-state index is 5.88. The highest BCUT2D eigenvalue weighted by Crippen LogP contribution is 2.14. The zero-order valence-electron chi connectivity index (χ0n) is 10.1. The van der Waals surface area contributed by atoms with Crippen molar-refractivity contribution in [1.29, 1.82) is 0 Å². The summed E-state index contributed by atoms with van der Waals surface area (Å²) in [5.41, 5.74) is 3.31. The zero-order valence-corrected chi connectivity index (χ0v) is 11.7. The summed E-state index contributed by atoms with van der Waals surface area (Å²) in [4.78, 5) is 7.26. The van der Waals surface area contributed by atoms with Crippen LogP contribution in [0.2, 0.25) is 5.02 Å². The van der Waals surface area contributed by atoms with Crippen molar-refractivity contribution in [3.05, 3.63) is 58.1 Å². The van der Waals surface area contributed by atoms with Crippen LogP contribution in [0.4, 0.5) is 0 Å². The van der Waals surface area contributed by atoms with Crippen LogP contribution in [0.1, 0.15) is 5.56 Å². The predicted molar refractivity (Wildman–Crippen MR) is 80.1 cm³/mol. The van der Waals surface area contributed by atoms with Gasteiger partial charge in [0.15, 0.2) is 4.77 Å². The molecule has 0 fully saturated rings. The van der Waals surface area contributed by atoms with Crippen molar-refractivity contribution in [3.63, 3.8) is 0 Å². The van der Waals surface area contributed by atoms with Gasteiger partial charge in [0.05, 0.1) is 17.2 Å². The molecular formula is C14H12ClN3S. The highest BCUT2D eigenvalue weighted by atomic mass is 35.5. The first-order valence-corrected chi connectivity index (χ1v) is 6.79. The number of halogens is 1. The largest absolute Gasteiger partial charge is 0.329 e. The summed E-state index contributed by atoms with van der Waals surface area (Å²) in [6.07, 6.45) is 4.49. The molecule has 5 heteroatoms. The van der Waals surface area contributed by atoms with Crippen LogP contribution in [0.3, 0.4) is 0 Å². The van der Waals surface area contributed by atoms with Gasteiger partial charge in [-0.1, -0.05) is 23.7 Å². The molecule has 0 amide bonds. The van der Waals surface area contributed by atoms with Gasteiger partial charge in [-0.3, -0.25) is 4.98 Å². The lowest BCUT2D eigenvalue weighted by molar-refractivity contribution is 0.706. The summed E-state index contributed by atoms with van der Waals surface area (Å²) in [7, 11) is 0. The Hall–Kier alpha value is -1.65. The fourth-order valence-electron chi connectivity index (χ4n) is 2.12. The third-order valence-electron chi connectivity index (χ3n) is 3.11. The number of aromatic nitrogens is 3. The molecule has 0 unspecified atom stereocenters. The van der Waals surface area contributed by atoms with E-state index in [1.54, 1.807) is 12.4 Å². The van der Waals surface area contributed by atoms with Crippen molar-refractivity contribution in [2.45, 2.75) is 13.0 Å². The molecule has 19 heavy (non-hydrogen) atoms. The summed E-state index contributed by atoms with van der Waals surface area (Å²) in [6, 6.07) is 9.89. The van der Waals surface area contributed by atoms with Crippen LogP contribution in [0.15, 0.2) is 42.7 Å². The highest BCUT2D eigenvalue weighted by Gasteiger charge is 2.04. The van der Waals surface area contributed by atoms with E-state index < -0.39 is 0 Å². The molecule has 0 atom stereocenters. The molecule has 0 spiro atoms. The molecule has 96 valence electrons. The van der Waals surface area contributed by atoms with Crippen LogP contribution in [0.5, 0.6) is 0 Å². The van der Waals surface area contributed by atoms with Crippen LogP contribution in [0, 0.1) is 4.77 Å². The molecule has 3 aromatic rings. The van der Waals surface area contributed by atoms with Gasteiger partial charge in [0, 0.05) is 17.8 Å². The lowest BCUT2D eigenvalue weighted by Crippen LogP contribution is -2.01. The molecule has 0 aliphatic carbocycles. The minimum atomic E-state index is 0.733. The fourth-order valence-corrected chi connectivity index (χ4v) is 2.55. The van der Waals surface area contributed by atoms with Gasteiger partial charge in [-0.15, -0.1) is 0 Å². The molecule has 1 N–H and O–H groups in total. The molecule has 0 saturated heterocycles. The molecule has 1 aromatic carbocycles. The lowest BCUT2D eigenvalue weighted by Gasteiger charge is -2.05. The number of fused-ring (bicyclic) bond motifs is 1. The van der Waals surface area contributed by atoms with Gasteiger partial charge < -0.3 is 9.55 Å². The normalized spacial score (nSPS) is 11.0. The highest BCUT2D eigenvalue weighted by molar-refractivity contribution is 7.71. The Balaban J connectivity index is 1.87. The van der Waals surface area contributed by atoms with Gasteiger partial charge in [0.2, 0.25) is 0 Å². The molecule has 3 nitrogen and oxygen atoms in total. The first kappa shape index (κ1) is 12.4. The summed E-state index contributed by atoms with van der Waals surface area (Å²) in [5.74, 6) is 0. The third-order valence-corrected chi connectivity index (χ3v) is 3.69. The SMILES string of the molecule is S=c1[nH]c2cnccc2n1CCc1ccc(Cl)cc1. The van der Waals surface area contributed by atoms with E-state index in [2.05, 4.69) is 14.5 Å². The van der Waals surface area contributed by atoms with Crippen LogP contribution < -0.4 is 0 Å². The van der Waals surface area contributed by atoms with E-state index in [9.17, 15) is 0 Å². The van der Waals surface area contributed by atoms with Crippen molar-refractivity contribution < 1.29 is 0 Å². The van der Waals surface area contributed by atoms with E-state index in [-0.39, 0.29) is 0 Å². The maximum Gasteiger partial charge on any atom is 0.178 e. The lowest BCUT2D eigenvalue weighted by atomic mass is 10.1. The molecule has 2 aromatic heterocycles. The average Bonchev–Trinajstić information content (AvgIpc) is 2.74. The van der Waals surface area contributed by atoms with Crippen molar-refractivity contribution in [1.82, 2.24) is 14.5 Å². The second-order valence-corrected chi connectivity index (χ2v) is 5.17. The van der Waals surface area contributed by atoms with Crippen LogP contribution in [-0.4, -0.2) is 14.5 Å². The van der Waals surface area contributed by atoms with Crippen LogP contribution >= 0.6 is 23.8 Å². The third kappa shape index (κ3) is 2.55. The number of benzene rings is 1. The Morgan fingerprint density at radius 2 is 2.00 bits per heavy atom. The van der Waals surface area contributed by atoms with Crippen molar-refractivity contribution >= 4 is 34.9 Å². The Morgan fingerprint density at radius 3 is 2.79 bits per heavy atom. The van der Waals surface area contributed by atoms with Crippen molar-refractivity contribution in [2.24, 2.45) is 0 Å². The first-order chi connectivity index (χ1) is 9.24. The molecule has 3 rings (SSSR count). The monoisotopic (exact) mass is 289 g/mol. The van der Waals surface area contributed by atoms with E-state index >= 15 is 0 Å². The molecule has 2 heterocycles. The summed E-state index contributed by atoms with van der Waals surface area (Å²) in [5, 5.41) is 0.763. The number of nitrogens with one attached hydrogen (secondary N) is 1. The molecule has 0 bridgehead atoms. The molecule has 0 aliphatic heterocycles. The second kappa shape index (κ2) is 5.15. The second-order valence-electron chi connectivity index (χ2n) is 4.35. The van der Waals surface area contributed by atoms with E-state index in [4.69, 9.17) is 23.8 Å². The van der Waals surface area contributed by atoms with Gasteiger partial charge >= 0.3 is 0 Å². The smallest absolute Gasteiger partial charge is 0.178 e. The standard InChI is InChI=1S/C14H12ClN3S/c15-11-3-1-10(2-4-11)6-8-18-13-5-7-16-9-12(13)17-14(18)19/h1-5,7,9H,6,8H2,(H,17,19). The first-order valence-electron chi connectivity index (χ1n) is 6.01. The molecule has 0 saturated carbocycles. The van der Waals surface area contributed by atoms with Gasteiger partial charge in [-0.25, -0.2) is 0 Å². The maximum absolute atomic E-state index is 5.88. The van der Waals surface area contributed by atoms with Gasteiger partial charge in [-0.2, -0.15) is 0 Å². The summed E-state index contributed by atoms with van der Waals surface area (Å²) >= 11 is 11.2. The van der Waals surface area contributed by atoms with E-state index in [1.165, 1.54) is 5.56 Å². The number of hydrogen-bond donors (Lipinski definition) is 1. The number of rotatable bonds is 3. The van der Waals surface area contributed by atoms with Crippen LogP contribution in [-0.2, 0) is 13.0 Å². The molecule has 0 aliphatic rings. The van der Waals surface area contributed by atoms with E-state index in [1.807, 2.05) is 30.3 Å². The Kier molecular flexibility index (Phi) is 3.36. The number of hydrogen-bond acceptors (Lipinski definition) is 2. The predicted octanol–water partition coefficient (Wildman–Crippen LogP) is 3.99. The van der Waals surface area contributed by atoms with Gasteiger partial charge in [0.1, 0.15) is 0 Å². The summed E-state index contributed by atoms with van der Waals surface area (Å²) in [6.45, 7) is 0.838. The van der Waals surface area contributed by atoms with Crippen LogP contribution in [0.25, 0.3) is 11.0 Å². The van der Waals surface area contributed by atoms with Crippen molar-refractivity contribution in [3.8, 4) is 0 Å². The fraction of sp³-hybridized carbons (Fsp3) is 0.143. The molecule has 0 radical (unpaired) electrons. The van der Waals surface area contributed by atoms with Gasteiger partial charge in [-0.05, 0) is 42.4 Å². The number of nitrogens with zero attached hydrogens (tertiary/aromatic N) is 2.